The predicted molar refractivity (Wildman–Crippen MR) is 44.9 cm³/mol. The van der Waals surface area contributed by atoms with E-state index in [0.29, 0.717) is 6.07 Å². The predicted octanol–water partition coefficient (Wildman–Crippen LogP) is 1.79. The molecule has 8 heteroatoms. The summed E-state index contributed by atoms with van der Waals surface area (Å²) in [6.07, 6.45) is -8.36. The standard InChI is InChI=1S/C8H7F5N2O/c9-6(10)4-1-3(2-14)7(16)15-5(4)8(11,12)13/h1,6H,2,14H2,(H,15,16). The Labute approximate surface area is 86.1 Å². The molecule has 0 bridgehead atoms. The number of aromatic amines is 1. The monoisotopic (exact) mass is 242 g/mol. The highest BCUT2D eigenvalue weighted by atomic mass is 19.4. The fraction of sp³-hybridized carbons (Fsp3) is 0.375. The van der Waals surface area contributed by atoms with Crippen LogP contribution in [0.2, 0.25) is 0 Å². The zero-order chi connectivity index (χ0) is 12.5. The van der Waals surface area contributed by atoms with Crippen molar-refractivity contribution in [2.75, 3.05) is 0 Å². The Hall–Kier alpha value is -1.44. The molecule has 0 amide bonds. The zero-order valence-electron chi connectivity index (χ0n) is 7.74. The topological polar surface area (TPSA) is 58.9 Å². The first-order chi connectivity index (χ1) is 7.27. The minimum atomic E-state index is -5.03. The second kappa shape index (κ2) is 4.20. The molecule has 0 aromatic carbocycles. The van der Waals surface area contributed by atoms with Crippen molar-refractivity contribution in [2.24, 2.45) is 5.73 Å². The van der Waals surface area contributed by atoms with Gasteiger partial charge in [0.25, 0.3) is 12.0 Å². The molecule has 0 aliphatic carbocycles. The van der Waals surface area contributed by atoms with E-state index < -0.39 is 36.0 Å². The lowest BCUT2D eigenvalue weighted by molar-refractivity contribution is -0.143. The molecule has 1 heterocycles. The lowest BCUT2D eigenvalue weighted by Crippen LogP contribution is -2.24. The minimum Gasteiger partial charge on any atom is -0.326 e. The summed E-state index contributed by atoms with van der Waals surface area (Å²) in [5, 5.41) is 0. The van der Waals surface area contributed by atoms with Crippen molar-refractivity contribution in [2.45, 2.75) is 19.1 Å². The van der Waals surface area contributed by atoms with Crippen LogP contribution in [-0.2, 0) is 12.7 Å². The highest BCUT2D eigenvalue weighted by molar-refractivity contribution is 5.28. The molecule has 0 atom stereocenters. The van der Waals surface area contributed by atoms with Gasteiger partial charge < -0.3 is 10.7 Å². The van der Waals surface area contributed by atoms with Crippen LogP contribution in [0.25, 0.3) is 0 Å². The third kappa shape index (κ3) is 2.38. The van der Waals surface area contributed by atoms with Crippen molar-refractivity contribution in [1.29, 1.82) is 0 Å². The summed E-state index contributed by atoms with van der Waals surface area (Å²) in [7, 11) is 0. The van der Waals surface area contributed by atoms with Crippen LogP contribution in [0.1, 0.15) is 23.2 Å². The van der Waals surface area contributed by atoms with E-state index in [-0.39, 0.29) is 5.56 Å². The number of hydrogen-bond acceptors (Lipinski definition) is 2. The van der Waals surface area contributed by atoms with Gasteiger partial charge in [0.1, 0.15) is 5.69 Å². The van der Waals surface area contributed by atoms with Gasteiger partial charge in [0.15, 0.2) is 0 Å². The van der Waals surface area contributed by atoms with Crippen LogP contribution in [0, 0.1) is 0 Å². The lowest BCUT2D eigenvalue weighted by Gasteiger charge is -2.12. The van der Waals surface area contributed by atoms with Crippen LogP contribution in [-0.4, -0.2) is 4.98 Å². The van der Waals surface area contributed by atoms with Crippen LogP contribution in [0.4, 0.5) is 22.0 Å². The molecule has 0 aliphatic heterocycles. The molecule has 0 spiro atoms. The molecule has 16 heavy (non-hydrogen) atoms. The first kappa shape index (κ1) is 12.6. The number of aromatic nitrogens is 1. The van der Waals surface area contributed by atoms with Crippen molar-refractivity contribution in [1.82, 2.24) is 4.98 Å². The zero-order valence-corrected chi connectivity index (χ0v) is 7.74. The summed E-state index contributed by atoms with van der Waals surface area (Å²) in [5.74, 6) is 0. The molecule has 1 aromatic heterocycles. The molecule has 0 fully saturated rings. The first-order valence-electron chi connectivity index (χ1n) is 4.09. The van der Waals surface area contributed by atoms with Crippen LogP contribution >= 0.6 is 0 Å². The number of rotatable bonds is 2. The van der Waals surface area contributed by atoms with E-state index in [1.807, 2.05) is 0 Å². The quantitative estimate of drug-likeness (QED) is 0.777. The number of alkyl halides is 5. The number of hydrogen-bond donors (Lipinski definition) is 2. The number of nitrogens with one attached hydrogen (secondary N) is 1. The second-order valence-corrected chi connectivity index (χ2v) is 2.96. The molecular weight excluding hydrogens is 235 g/mol. The smallest absolute Gasteiger partial charge is 0.326 e. The molecule has 0 aliphatic rings. The number of nitrogens with two attached hydrogens (primary N) is 1. The number of halogens is 5. The Morgan fingerprint density at radius 3 is 2.31 bits per heavy atom. The third-order valence-electron chi connectivity index (χ3n) is 1.89. The van der Waals surface area contributed by atoms with Crippen LogP contribution in [0.15, 0.2) is 10.9 Å². The third-order valence-corrected chi connectivity index (χ3v) is 1.89. The van der Waals surface area contributed by atoms with Crippen LogP contribution < -0.4 is 11.3 Å². The SMILES string of the molecule is NCc1cc(C(F)F)c(C(F)(F)F)[nH]c1=O. The number of pyridine rings is 1. The molecule has 3 nitrogen and oxygen atoms in total. The van der Waals surface area contributed by atoms with Crippen molar-refractivity contribution < 1.29 is 22.0 Å². The largest absolute Gasteiger partial charge is 0.431 e. The van der Waals surface area contributed by atoms with E-state index in [9.17, 15) is 26.7 Å². The van der Waals surface area contributed by atoms with Gasteiger partial charge in [-0.1, -0.05) is 0 Å². The van der Waals surface area contributed by atoms with Crippen LogP contribution in [0.5, 0.6) is 0 Å². The van der Waals surface area contributed by atoms with E-state index in [0.717, 1.165) is 0 Å². The Morgan fingerprint density at radius 1 is 1.38 bits per heavy atom. The van der Waals surface area contributed by atoms with Crippen LogP contribution in [0.3, 0.4) is 0 Å². The minimum absolute atomic E-state index is 0.316. The fourth-order valence-corrected chi connectivity index (χ4v) is 1.15. The average molecular weight is 242 g/mol. The molecule has 1 aromatic rings. The first-order valence-corrected chi connectivity index (χ1v) is 4.09. The Balaban J connectivity index is 3.49. The Bertz CT molecular complexity index is 437. The maximum Gasteiger partial charge on any atom is 0.431 e. The highest BCUT2D eigenvalue weighted by Crippen LogP contribution is 2.34. The van der Waals surface area contributed by atoms with E-state index in [2.05, 4.69) is 0 Å². The Kier molecular flexibility index (Phi) is 3.32. The normalized spacial score (nSPS) is 12.2. The summed E-state index contributed by atoms with van der Waals surface area (Å²) < 4.78 is 61.6. The molecule has 0 radical (unpaired) electrons. The van der Waals surface area contributed by atoms with Crippen molar-refractivity contribution in [3.05, 3.63) is 33.2 Å². The van der Waals surface area contributed by atoms with E-state index in [1.165, 1.54) is 4.98 Å². The van der Waals surface area contributed by atoms with Gasteiger partial charge in [-0.3, -0.25) is 4.79 Å². The maximum atomic E-state index is 12.3. The highest BCUT2D eigenvalue weighted by Gasteiger charge is 2.37. The average Bonchev–Trinajstić information content (AvgIpc) is 2.15. The molecule has 90 valence electrons. The fourth-order valence-electron chi connectivity index (χ4n) is 1.15. The summed E-state index contributed by atoms with van der Waals surface area (Å²) in [6, 6.07) is 0.478. The van der Waals surface area contributed by atoms with Gasteiger partial charge in [0, 0.05) is 17.7 Å². The van der Waals surface area contributed by atoms with Gasteiger partial charge in [-0.15, -0.1) is 0 Å². The van der Waals surface area contributed by atoms with Gasteiger partial charge >= 0.3 is 6.18 Å². The van der Waals surface area contributed by atoms with E-state index >= 15 is 0 Å². The summed E-state index contributed by atoms with van der Waals surface area (Å²) in [6.45, 7) is -0.410. The second-order valence-electron chi connectivity index (χ2n) is 2.96. The van der Waals surface area contributed by atoms with E-state index in [1.54, 1.807) is 0 Å². The molecule has 3 N–H and O–H groups in total. The van der Waals surface area contributed by atoms with Crippen molar-refractivity contribution in [3.8, 4) is 0 Å². The van der Waals surface area contributed by atoms with E-state index in [4.69, 9.17) is 5.73 Å². The van der Waals surface area contributed by atoms with Gasteiger partial charge in [0.05, 0.1) is 0 Å². The molecule has 0 saturated carbocycles. The molecule has 1 rings (SSSR count). The van der Waals surface area contributed by atoms with Gasteiger partial charge in [-0.2, -0.15) is 13.2 Å². The van der Waals surface area contributed by atoms with Gasteiger partial charge in [-0.25, -0.2) is 8.78 Å². The van der Waals surface area contributed by atoms with Crippen molar-refractivity contribution >= 4 is 0 Å². The summed E-state index contributed by atoms with van der Waals surface area (Å²) >= 11 is 0. The Morgan fingerprint density at radius 2 is 1.94 bits per heavy atom. The lowest BCUT2D eigenvalue weighted by atomic mass is 10.1. The van der Waals surface area contributed by atoms with Gasteiger partial charge in [-0.05, 0) is 6.07 Å². The molecule has 0 unspecified atom stereocenters. The number of H-pyrrole nitrogens is 1. The molecule has 0 saturated heterocycles. The summed E-state index contributed by atoms with van der Waals surface area (Å²) in [4.78, 5) is 12.4. The van der Waals surface area contributed by atoms with Crippen molar-refractivity contribution in [3.63, 3.8) is 0 Å². The summed E-state index contributed by atoms with van der Waals surface area (Å²) in [5.41, 5.74) is 0.602. The maximum absolute atomic E-state index is 12.3. The molecular formula is C8H7F5N2O. The van der Waals surface area contributed by atoms with Gasteiger partial charge in [0.2, 0.25) is 0 Å².